The summed E-state index contributed by atoms with van der Waals surface area (Å²) in [5.41, 5.74) is 3.13. The Hall–Kier alpha value is -0.780. The monoisotopic (exact) mass is 222 g/mol. The Bertz CT molecular complexity index is 213. The van der Waals surface area contributed by atoms with Crippen LogP contribution in [0.1, 0.15) is 59.6 Å². The second kappa shape index (κ2) is 12.3. The molecule has 0 spiro atoms. The van der Waals surface area contributed by atoms with E-state index in [9.17, 15) is 0 Å². The molecule has 1 aromatic carbocycles. The fourth-order valence-electron chi connectivity index (χ4n) is 1.78. The zero-order valence-electron chi connectivity index (χ0n) is 12.3. The molecule has 0 heterocycles. The molecule has 0 fully saturated rings. The van der Waals surface area contributed by atoms with Crippen molar-refractivity contribution >= 4 is 0 Å². The lowest BCUT2D eigenvalue weighted by atomic mass is 10.1. The van der Waals surface area contributed by atoms with Gasteiger partial charge in [-0.15, -0.1) is 0 Å². The van der Waals surface area contributed by atoms with Gasteiger partial charge < -0.3 is 0 Å². The van der Waals surface area contributed by atoms with Crippen LogP contribution in [-0.2, 0) is 12.8 Å². The molecular weight excluding hydrogens is 192 g/mol. The van der Waals surface area contributed by atoms with Crippen LogP contribution in [0.2, 0.25) is 0 Å². The number of benzene rings is 1. The topological polar surface area (TPSA) is 0 Å². The van der Waals surface area contributed by atoms with Gasteiger partial charge in [0.1, 0.15) is 0 Å². The van der Waals surface area contributed by atoms with Crippen molar-refractivity contribution in [3.63, 3.8) is 0 Å². The first kappa shape index (κ1) is 17.6. The van der Waals surface area contributed by atoms with Gasteiger partial charge in [-0.1, -0.05) is 72.7 Å². The van der Waals surface area contributed by atoms with E-state index in [4.69, 9.17) is 0 Å². The van der Waals surface area contributed by atoms with Gasteiger partial charge in [0.15, 0.2) is 0 Å². The molecule has 0 unspecified atom stereocenters. The highest BCUT2D eigenvalue weighted by Crippen LogP contribution is 2.25. The summed E-state index contributed by atoms with van der Waals surface area (Å²) in [5.74, 6) is 0.873. The van der Waals surface area contributed by atoms with Crippen LogP contribution in [0.15, 0.2) is 24.3 Å². The average Bonchev–Trinajstić information content (AvgIpc) is 2.76. The van der Waals surface area contributed by atoms with Gasteiger partial charge in [-0.25, -0.2) is 0 Å². The third kappa shape index (κ3) is 5.95. The van der Waals surface area contributed by atoms with Crippen molar-refractivity contribution in [1.82, 2.24) is 0 Å². The zero-order chi connectivity index (χ0) is 13.0. The molecule has 16 heavy (non-hydrogen) atoms. The second-order valence-electron chi connectivity index (χ2n) is 3.28. The molecule has 1 aliphatic carbocycles. The summed E-state index contributed by atoms with van der Waals surface area (Å²) in [6.45, 7) is 14.3. The summed E-state index contributed by atoms with van der Waals surface area (Å²) in [6.07, 6.45) is 2.58. The number of hydrogen-bond donors (Lipinski definition) is 0. The molecule has 0 atom stereocenters. The summed E-state index contributed by atoms with van der Waals surface area (Å²) in [6, 6.07) is 8.77. The molecule has 0 N–H and O–H groups in total. The molecule has 0 bridgehead atoms. The minimum atomic E-state index is 0.873. The molecule has 0 saturated carbocycles. The molecular formula is C16H30. The van der Waals surface area contributed by atoms with Crippen LogP contribution >= 0.6 is 0 Å². The second-order valence-corrected chi connectivity index (χ2v) is 3.28. The molecule has 2 rings (SSSR count). The van der Waals surface area contributed by atoms with E-state index in [0.717, 1.165) is 5.92 Å². The molecule has 0 aliphatic heterocycles. The maximum absolute atomic E-state index is 2.32. The Morgan fingerprint density at radius 2 is 1.06 bits per heavy atom. The van der Waals surface area contributed by atoms with Crippen LogP contribution in [0, 0.1) is 5.92 Å². The van der Waals surface area contributed by atoms with Gasteiger partial charge in [-0.2, -0.15) is 0 Å². The molecule has 1 aliphatic rings. The first-order valence-electron chi connectivity index (χ1n) is 6.93. The van der Waals surface area contributed by atoms with Crippen molar-refractivity contribution in [1.29, 1.82) is 0 Å². The lowest BCUT2D eigenvalue weighted by molar-refractivity contribution is 0.628. The largest absolute Gasteiger partial charge is 0.0683 e. The van der Waals surface area contributed by atoms with Gasteiger partial charge in [0.05, 0.1) is 0 Å². The van der Waals surface area contributed by atoms with Gasteiger partial charge >= 0.3 is 0 Å². The predicted octanol–water partition coefficient (Wildman–Crippen LogP) is 5.50. The standard InChI is InChI=1S/C10H12.3C2H6/c1-8-6-9-4-2-3-5-10(9)7-8;3*1-2/h2-5,8H,6-7H2,1H3;3*1-2H3. The predicted molar refractivity (Wildman–Crippen MR) is 77.1 cm³/mol. The SMILES string of the molecule is CC.CC.CC.CC1Cc2ccccc2C1. The van der Waals surface area contributed by atoms with E-state index in [1.165, 1.54) is 12.8 Å². The highest BCUT2D eigenvalue weighted by molar-refractivity contribution is 5.31. The Morgan fingerprint density at radius 3 is 1.38 bits per heavy atom. The molecule has 94 valence electrons. The van der Waals surface area contributed by atoms with Gasteiger partial charge in [-0.05, 0) is 29.9 Å². The van der Waals surface area contributed by atoms with E-state index in [1.807, 2.05) is 41.5 Å². The van der Waals surface area contributed by atoms with Gasteiger partial charge in [0, 0.05) is 0 Å². The van der Waals surface area contributed by atoms with Gasteiger partial charge in [0.25, 0.3) is 0 Å². The zero-order valence-corrected chi connectivity index (χ0v) is 12.3. The van der Waals surface area contributed by atoms with E-state index < -0.39 is 0 Å². The summed E-state index contributed by atoms with van der Waals surface area (Å²) in [4.78, 5) is 0. The quantitative estimate of drug-likeness (QED) is 0.543. The fourth-order valence-corrected chi connectivity index (χ4v) is 1.78. The molecule has 0 nitrogen and oxygen atoms in total. The molecule has 0 amide bonds. The van der Waals surface area contributed by atoms with Crippen molar-refractivity contribution in [2.45, 2.75) is 61.3 Å². The third-order valence-electron chi connectivity index (χ3n) is 2.26. The first-order chi connectivity index (χ1) is 7.86. The highest BCUT2D eigenvalue weighted by atomic mass is 14.2. The van der Waals surface area contributed by atoms with Crippen LogP contribution in [0.4, 0.5) is 0 Å². The maximum atomic E-state index is 2.32. The fraction of sp³-hybridized carbons (Fsp3) is 0.625. The Morgan fingerprint density at radius 1 is 0.750 bits per heavy atom. The number of hydrogen-bond acceptors (Lipinski definition) is 0. The maximum Gasteiger partial charge on any atom is -0.0247 e. The smallest absolute Gasteiger partial charge is 0.0247 e. The highest BCUT2D eigenvalue weighted by Gasteiger charge is 2.15. The van der Waals surface area contributed by atoms with E-state index in [1.54, 1.807) is 11.1 Å². The van der Waals surface area contributed by atoms with Crippen molar-refractivity contribution in [3.8, 4) is 0 Å². The van der Waals surface area contributed by atoms with Crippen LogP contribution in [0.3, 0.4) is 0 Å². The van der Waals surface area contributed by atoms with E-state index in [-0.39, 0.29) is 0 Å². The Labute approximate surface area is 103 Å². The van der Waals surface area contributed by atoms with E-state index in [0.29, 0.717) is 0 Å². The molecule has 0 radical (unpaired) electrons. The molecule has 0 saturated heterocycles. The summed E-state index contributed by atoms with van der Waals surface area (Å²) in [5, 5.41) is 0. The molecule has 0 aromatic heterocycles. The lowest BCUT2D eigenvalue weighted by Crippen LogP contribution is -1.89. The van der Waals surface area contributed by atoms with E-state index >= 15 is 0 Å². The van der Waals surface area contributed by atoms with Crippen LogP contribution in [-0.4, -0.2) is 0 Å². The average molecular weight is 222 g/mol. The van der Waals surface area contributed by atoms with Gasteiger partial charge in [0.2, 0.25) is 0 Å². The number of fused-ring (bicyclic) bond motifs is 1. The Balaban J connectivity index is 0. The molecule has 0 heteroatoms. The first-order valence-corrected chi connectivity index (χ1v) is 6.93. The van der Waals surface area contributed by atoms with Crippen LogP contribution in [0.25, 0.3) is 0 Å². The lowest BCUT2D eigenvalue weighted by Gasteiger charge is -1.93. The van der Waals surface area contributed by atoms with Crippen LogP contribution < -0.4 is 0 Å². The third-order valence-corrected chi connectivity index (χ3v) is 2.26. The van der Waals surface area contributed by atoms with Gasteiger partial charge in [-0.3, -0.25) is 0 Å². The summed E-state index contributed by atoms with van der Waals surface area (Å²) in [7, 11) is 0. The summed E-state index contributed by atoms with van der Waals surface area (Å²) >= 11 is 0. The molecule has 1 aromatic rings. The van der Waals surface area contributed by atoms with Crippen molar-refractivity contribution in [2.75, 3.05) is 0 Å². The normalized spacial score (nSPS) is 11.9. The number of rotatable bonds is 0. The summed E-state index contributed by atoms with van der Waals surface area (Å²) < 4.78 is 0. The minimum Gasteiger partial charge on any atom is -0.0683 e. The van der Waals surface area contributed by atoms with Crippen LogP contribution in [0.5, 0.6) is 0 Å². The van der Waals surface area contributed by atoms with Crippen molar-refractivity contribution in [3.05, 3.63) is 35.4 Å². The van der Waals surface area contributed by atoms with E-state index in [2.05, 4.69) is 31.2 Å². The van der Waals surface area contributed by atoms with Crippen molar-refractivity contribution in [2.24, 2.45) is 5.92 Å². The van der Waals surface area contributed by atoms with Crippen molar-refractivity contribution < 1.29 is 0 Å². The Kier molecular flexibility index (Phi) is 13.5. The minimum absolute atomic E-state index is 0.873.